The second-order valence-electron chi connectivity index (χ2n) is 5.81. The molecule has 1 aromatic heterocycles. The van der Waals surface area contributed by atoms with Crippen molar-refractivity contribution < 1.29 is 4.79 Å². The minimum atomic E-state index is -0.107. The lowest BCUT2D eigenvalue weighted by atomic mass is 9.83. The number of carbonyl (C=O) groups is 1. The Bertz CT molecular complexity index is 438. The summed E-state index contributed by atoms with van der Waals surface area (Å²) < 4.78 is 0. The van der Waals surface area contributed by atoms with Crippen LogP contribution in [0.2, 0.25) is 0 Å². The fraction of sp³-hybridized carbons (Fsp3) is 0.688. The molecule has 1 saturated carbocycles. The van der Waals surface area contributed by atoms with Crippen molar-refractivity contribution in [2.45, 2.75) is 58.4 Å². The van der Waals surface area contributed by atoms with Crippen LogP contribution in [0, 0.1) is 5.92 Å². The van der Waals surface area contributed by atoms with Crippen LogP contribution in [-0.2, 0) is 0 Å². The molecule has 5 heteroatoms. The van der Waals surface area contributed by atoms with E-state index < -0.39 is 0 Å². The number of hydrogen-bond donors (Lipinski definition) is 2. The van der Waals surface area contributed by atoms with Crippen molar-refractivity contribution >= 4 is 11.7 Å². The number of carbonyl (C=O) groups excluding carboxylic acids is 1. The van der Waals surface area contributed by atoms with Crippen LogP contribution in [0.3, 0.4) is 0 Å². The summed E-state index contributed by atoms with van der Waals surface area (Å²) in [4.78, 5) is 12.2. The summed E-state index contributed by atoms with van der Waals surface area (Å²) in [5.74, 6) is 1.45. The number of amides is 1. The van der Waals surface area contributed by atoms with E-state index in [9.17, 15) is 4.79 Å². The molecule has 0 unspecified atom stereocenters. The predicted molar refractivity (Wildman–Crippen MR) is 84.3 cm³/mol. The van der Waals surface area contributed by atoms with Gasteiger partial charge in [0.05, 0.1) is 0 Å². The maximum absolute atomic E-state index is 12.2. The van der Waals surface area contributed by atoms with Gasteiger partial charge in [0.2, 0.25) is 0 Å². The average molecular weight is 290 g/mol. The average Bonchev–Trinajstić information content (AvgIpc) is 2.50. The van der Waals surface area contributed by atoms with Crippen molar-refractivity contribution in [3.8, 4) is 0 Å². The summed E-state index contributed by atoms with van der Waals surface area (Å²) in [7, 11) is 0. The van der Waals surface area contributed by atoms with Gasteiger partial charge in [-0.25, -0.2) is 0 Å². The Hall–Kier alpha value is -1.65. The summed E-state index contributed by atoms with van der Waals surface area (Å²) in [5.41, 5.74) is 0.396. The SMILES string of the molecule is CCCC1CCC(NC(=O)c2ccc(NCC)nn2)CC1. The van der Waals surface area contributed by atoms with Crippen molar-refractivity contribution in [2.75, 3.05) is 11.9 Å². The topological polar surface area (TPSA) is 66.9 Å². The molecule has 0 aliphatic heterocycles. The highest BCUT2D eigenvalue weighted by molar-refractivity contribution is 5.92. The zero-order chi connectivity index (χ0) is 15.1. The highest BCUT2D eigenvalue weighted by Crippen LogP contribution is 2.27. The Kier molecular flexibility index (Phi) is 5.96. The lowest BCUT2D eigenvalue weighted by Gasteiger charge is -2.28. The van der Waals surface area contributed by atoms with Crippen molar-refractivity contribution in [1.29, 1.82) is 0 Å². The predicted octanol–water partition coefficient (Wildman–Crippen LogP) is 3.00. The van der Waals surface area contributed by atoms with E-state index in [4.69, 9.17) is 0 Å². The Morgan fingerprint density at radius 1 is 1.19 bits per heavy atom. The van der Waals surface area contributed by atoms with Crippen LogP contribution in [0.4, 0.5) is 5.82 Å². The Morgan fingerprint density at radius 3 is 2.52 bits per heavy atom. The van der Waals surface area contributed by atoms with Crippen molar-refractivity contribution in [3.63, 3.8) is 0 Å². The van der Waals surface area contributed by atoms with Gasteiger partial charge in [-0.2, -0.15) is 0 Å². The van der Waals surface area contributed by atoms with E-state index in [2.05, 4.69) is 27.8 Å². The van der Waals surface area contributed by atoms with Crippen LogP contribution < -0.4 is 10.6 Å². The molecule has 0 saturated heterocycles. The molecule has 1 aliphatic rings. The zero-order valence-electron chi connectivity index (χ0n) is 13.1. The van der Waals surface area contributed by atoms with Crippen LogP contribution in [-0.4, -0.2) is 28.7 Å². The fourth-order valence-corrected chi connectivity index (χ4v) is 2.99. The lowest BCUT2D eigenvalue weighted by Crippen LogP contribution is -2.38. The molecule has 21 heavy (non-hydrogen) atoms. The van der Waals surface area contributed by atoms with Gasteiger partial charge in [0.15, 0.2) is 5.69 Å². The van der Waals surface area contributed by atoms with Crippen LogP contribution in [0.25, 0.3) is 0 Å². The van der Waals surface area contributed by atoms with Crippen LogP contribution in [0.5, 0.6) is 0 Å². The molecule has 5 nitrogen and oxygen atoms in total. The van der Waals surface area contributed by atoms with Gasteiger partial charge in [0.1, 0.15) is 5.82 Å². The Morgan fingerprint density at radius 2 is 1.95 bits per heavy atom. The third-order valence-corrected chi connectivity index (χ3v) is 4.13. The lowest BCUT2D eigenvalue weighted by molar-refractivity contribution is 0.0915. The molecule has 0 bridgehead atoms. The van der Waals surface area contributed by atoms with Crippen molar-refractivity contribution in [1.82, 2.24) is 15.5 Å². The van der Waals surface area contributed by atoms with Crippen molar-refractivity contribution in [2.24, 2.45) is 5.92 Å². The fourth-order valence-electron chi connectivity index (χ4n) is 2.99. The summed E-state index contributed by atoms with van der Waals surface area (Å²) in [5, 5.41) is 14.1. The third kappa shape index (κ3) is 4.69. The molecule has 0 spiro atoms. The minimum Gasteiger partial charge on any atom is -0.369 e. The number of nitrogens with one attached hydrogen (secondary N) is 2. The van der Waals surface area contributed by atoms with Gasteiger partial charge in [-0.15, -0.1) is 10.2 Å². The molecule has 1 aliphatic carbocycles. The van der Waals surface area contributed by atoms with E-state index >= 15 is 0 Å². The van der Waals surface area contributed by atoms with Gasteiger partial charge < -0.3 is 10.6 Å². The maximum atomic E-state index is 12.2. The summed E-state index contributed by atoms with van der Waals surface area (Å²) in [6.45, 7) is 5.03. The molecule has 0 radical (unpaired) electrons. The first-order chi connectivity index (χ1) is 10.2. The van der Waals surface area contributed by atoms with Crippen molar-refractivity contribution in [3.05, 3.63) is 17.8 Å². The zero-order valence-corrected chi connectivity index (χ0v) is 13.1. The molecule has 1 heterocycles. The summed E-state index contributed by atoms with van der Waals surface area (Å²) in [6.07, 6.45) is 7.19. The van der Waals surface area contributed by atoms with Gasteiger partial charge in [0.25, 0.3) is 5.91 Å². The molecule has 2 rings (SSSR count). The monoisotopic (exact) mass is 290 g/mol. The first-order valence-corrected chi connectivity index (χ1v) is 8.11. The number of nitrogens with zero attached hydrogens (tertiary/aromatic N) is 2. The molecule has 1 aromatic rings. The van der Waals surface area contributed by atoms with Gasteiger partial charge in [-0.3, -0.25) is 4.79 Å². The highest BCUT2D eigenvalue weighted by atomic mass is 16.2. The highest BCUT2D eigenvalue weighted by Gasteiger charge is 2.22. The number of anilines is 1. The number of hydrogen-bond acceptors (Lipinski definition) is 4. The van der Waals surface area contributed by atoms with E-state index in [1.54, 1.807) is 12.1 Å². The van der Waals surface area contributed by atoms with Gasteiger partial charge >= 0.3 is 0 Å². The second kappa shape index (κ2) is 7.96. The van der Waals surface area contributed by atoms with E-state index in [0.717, 1.165) is 25.3 Å². The van der Waals surface area contributed by atoms with E-state index in [1.165, 1.54) is 25.7 Å². The van der Waals surface area contributed by atoms with E-state index in [1.807, 2.05) is 6.92 Å². The van der Waals surface area contributed by atoms with Crippen LogP contribution >= 0.6 is 0 Å². The number of rotatable bonds is 6. The molecular weight excluding hydrogens is 264 g/mol. The van der Waals surface area contributed by atoms with Gasteiger partial charge in [-0.05, 0) is 50.7 Å². The quantitative estimate of drug-likeness (QED) is 0.845. The number of aromatic nitrogens is 2. The van der Waals surface area contributed by atoms with E-state index in [-0.39, 0.29) is 5.91 Å². The maximum Gasteiger partial charge on any atom is 0.272 e. The molecule has 2 N–H and O–H groups in total. The van der Waals surface area contributed by atoms with E-state index in [0.29, 0.717) is 17.6 Å². The standard InChI is InChI=1S/C16H26N4O/c1-3-5-12-6-8-13(9-7-12)18-16(21)14-10-11-15(17-4-2)20-19-14/h10-13H,3-9H2,1-2H3,(H,17,20)(H,18,21). The minimum absolute atomic E-state index is 0.107. The first kappa shape index (κ1) is 15.7. The Labute approximate surface area is 126 Å². The molecular formula is C16H26N4O. The third-order valence-electron chi connectivity index (χ3n) is 4.13. The summed E-state index contributed by atoms with van der Waals surface area (Å²) >= 11 is 0. The largest absolute Gasteiger partial charge is 0.369 e. The first-order valence-electron chi connectivity index (χ1n) is 8.11. The van der Waals surface area contributed by atoms with Gasteiger partial charge in [0, 0.05) is 12.6 Å². The molecule has 1 fully saturated rings. The molecule has 116 valence electrons. The second-order valence-corrected chi connectivity index (χ2v) is 5.81. The molecule has 1 amide bonds. The van der Waals surface area contributed by atoms with Crippen LogP contribution in [0.15, 0.2) is 12.1 Å². The molecule has 0 atom stereocenters. The summed E-state index contributed by atoms with van der Waals surface area (Å²) in [6, 6.07) is 3.81. The normalized spacial score (nSPS) is 21.8. The van der Waals surface area contributed by atoms with Crippen LogP contribution in [0.1, 0.15) is 62.9 Å². The smallest absolute Gasteiger partial charge is 0.272 e. The van der Waals surface area contributed by atoms with Gasteiger partial charge in [-0.1, -0.05) is 19.8 Å². The molecule has 0 aromatic carbocycles. The Balaban J connectivity index is 1.81.